The minimum atomic E-state index is -0.348. The van der Waals surface area contributed by atoms with Crippen LogP contribution in [0.5, 0.6) is 0 Å². The number of carbonyl (C=O) groups is 2. The van der Waals surface area contributed by atoms with Crippen LogP contribution in [0.25, 0.3) is 0 Å². The zero-order valence-electron chi connectivity index (χ0n) is 11.8. The molecule has 0 bridgehead atoms. The lowest BCUT2D eigenvalue weighted by Gasteiger charge is -2.02. The topological polar surface area (TPSA) is 71.3 Å². The first-order valence-electron chi connectivity index (χ1n) is 6.45. The third kappa shape index (κ3) is 3.99. The number of benzene rings is 1. The molecule has 0 aliphatic carbocycles. The molecular weight excluding hydrogens is 348 g/mol. The summed E-state index contributed by atoms with van der Waals surface area (Å²) in [6, 6.07) is 10.2. The van der Waals surface area contributed by atoms with Gasteiger partial charge in [0, 0.05) is 12.6 Å². The van der Waals surface area contributed by atoms with Crippen molar-refractivity contribution < 1.29 is 14.0 Å². The molecule has 0 spiro atoms. The fourth-order valence-corrected chi connectivity index (χ4v) is 2.02. The normalized spacial score (nSPS) is 9.55. The van der Waals surface area contributed by atoms with Crippen molar-refractivity contribution >= 4 is 27.7 Å². The molecule has 0 aliphatic heterocycles. The van der Waals surface area contributed by atoms with E-state index in [1.807, 2.05) is 0 Å². The van der Waals surface area contributed by atoms with E-state index in [0.717, 1.165) is 0 Å². The largest absolute Gasteiger partial charge is 0.444 e. The Morgan fingerprint density at radius 2 is 1.95 bits per heavy atom. The predicted octanol–water partition coefficient (Wildman–Crippen LogP) is 2.18. The number of furan rings is 1. The molecular formula is C16H13BrN2O3. The Bertz CT molecular complexity index is 756. The molecule has 0 saturated carbocycles. The molecule has 6 heteroatoms. The number of rotatable bonds is 3. The summed E-state index contributed by atoms with van der Waals surface area (Å²) in [5.41, 5.74) is 1.11. The van der Waals surface area contributed by atoms with Gasteiger partial charge in [0.1, 0.15) is 0 Å². The van der Waals surface area contributed by atoms with E-state index >= 15 is 0 Å². The van der Waals surface area contributed by atoms with Crippen LogP contribution in [0.15, 0.2) is 45.5 Å². The molecule has 5 nitrogen and oxygen atoms in total. The van der Waals surface area contributed by atoms with Crippen molar-refractivity contribution in [2.75, 3.05) is 13.6 Å². The van der Waals surface area contributed by atoms with Crippen LogP contribution in [0.2, 0.25) is 0 Å². The second kappa shape index (κ2) is 7.48. The second-order valence-corrected chi connectivity index (χ2v) is 4.99. The van der Waals surface area contributed by atoms with Crippen LogP contribution >= 0.6 is 15.9 Å². The Morgan fingerprint density at radius 3 is 2.64 bits per heavy atom. The minimum absolute atomic E-state index is 0.152. The quantitative estimate of drug-likeness (QED) is 0.824. The zero-order valence-corrected chi connectivity index (χ0v) is 13.4. The van der Waals surface area contributed by atoms with Gasteiger partial charge in [-0.15, -0.1) is 0 Å². The highest BCUT2D eigenvalue weighted by Crippen LogP contribution is 2.13. The van der Waals surface area contributed by atoms with E-state index in [1.54, 1.807) is 43.4 Å². The lowest BCUT2D eigenvalue weighted by atomic mass is 10.1. The highest BCUT2D eigenvalue weighted by Gasteiger charge is 2.09. The number of amides is 2. The molecule has 0 saturated heterocycles. The molecule has 0 atom stereocenters. The van der Waals surface area contributed by atoms with Crippen LogP contribution in [0.4, 0.5) is 0 Å². The van der Waals surface area contributed by atoms with Gasteiger partial charge < -0.3 is 15.1 Å². The Hall–Kier alpha value is -2.52. The summed E-state index contributed by atoms with van der Waals surface area (Å²) < 4.78 is 5.62. The third-order valence-corrected chi connectivity index (χ3v) is 3.18. The maximum atomic E-state index is 11.7. The average molecular weight is 361 g/mol. The van der Waals surface area contributed by atoms with Crippen LogP contribution in [-0.4, -0.2) is 25.4 Å². The molecule has 2 rings (SSSR count). The Kier molecular flexibility index (Phi) is 5.39. The second-order valence-electron chi connectivity index (χ2n) is 4.21. The number of carbonyl (C=O) groups excluding carboxylic acids is 2. The number of halogens is 1. The molecule has 1 aromatic carbocycles. The molecule has 0 fully saturated rings. The average Bonchev–Trinajstić information content (AvgIpc) is 2.97. The molecule has 0 aliphatic rings. The lowest BCUT2D eigenvalue weighted by Crippen LogP contribution is -2.23. The lowest BCUT2D eigenvalue weighted by molar-refractivity contribution is 0.0928. The molecule has 2 amide bonds. The number of hydrogen-bond acceptors (Lipinski definition) is 3. The van der Waals surface area contributed by atoms with Crippen LogP contribution in [0, 0.1) is 11.8 Å². The van der Waals surface area contributed by atoms with Gasteiger partial charge in [-0.05, 0) is 40.2 Å². The Balaban J connectivity index is 2.00. The van der Waals surface area contributed by atoms with Gasteiger partial charge in [0.15, 0.2) is 10.4 Å². The van der Waals surface area contributed by atoms with Gasteiger partial charge in [0.25, 0.3) is 11.8 Å². The number of hydrogen-bond donors (Lipinski definition) is 2. The Labute approximate surface area is 136 Å². The van der Waals surface area contributed by atoms with Gasteiger partial charge in [0.2, 0.25) is 0 Å². The predicted molar refractivity (Wildman–Crippen MR) is 85.5 cm³/mol. The van der Waals surface area contributed by atoms with Crippen molar-refractivity contribution in [1.29, 1.82) is 0 Å². The van der Waals surface area contributed by atoms with E-state index in [-0.39, 0.29) is 24.1 Å². The van der Waals surface area contributed by atoms with Crippen molar-refractivity contribution in [3.8, 4) is 11.8 Å². The molecule has 22 heavy (non-hydrogen) atoms. The maximum absolute atomic E-state index is 11.7. The van der Waals surface area contributed by atoms with Crippen LogP contribution in [0.3, 0.4) is 0 Å². The first kappa shape index (κ1) is 15.9. The first-order chi connectivity index (χ1) is 10.6. The highest BCUT2D eigenvalue weighted by molar-refractivity contribution is 9.10. The molecule has 0 unspecified atom stereocenters. The zero-order chi connectivity index (χ0) is 15.9. The van der Waals surface area contributed by atoms with E-state index in [0.29, 0.717) is 15.8 Å². The number of nitrogens with one attached hydrogen (secondary N) is 2. The molecule has 2 aromatic rings. The molecule has 112 valence electrons. The summed E-state index contributed by atoms with van der Waals surface area (Å²) in [6.45, 7) is 0.152. The van der Waals surface area contributed by atoms with E-state index in [9.17, 15) is 9.59 Å². The van der Waals surface area contributed by atoms with Gasteiger partial charge in [-0.25, -0.2) is 0 Å². The maximum Gasteiger partial charge on any atom is 0.287 e. The smallest absolute Gasteiger partial charge is 0.287 e. The summed E-state index contributed by atoms with van der Waals surface area (Å²) in [4.78, 5) is 23.4. The summed E-state index contributed by atoms with van der Waals surface area (Å²) in [5, 5.41) is 5.18. The monoisotopic (exact) mass is 360 g/mol. The van der Waals surface area contributed by atoms with Gasteiger partial charge in [-0.3, -0.25) is 9.59 Å². The fourth-order valence-electron chi connectivity index (χ4n) is 1.71. The summed E-state index contributed by atoms with van der Waals surface area (Å²) in [7, 11) is 1.56. The fraction of sp³-hybridized carbons (Fsp3) is 0.125. The SMILES string of the molecule is CNC(=O)c1ccccc1C#CCNC(=O)c1ccc(Br)o1. The van der Waals surface area contributed by atoms with Crippen LogP contribution < -0.4 is 10.6 Å². The van der Waals surface area contributed by atoms with Gasteiger partial charge in [-0.2, -0.15) is 0 Å². The molecule has 1 heterocycles. The Morgan fingerprint density at radius 1 is 1.18 bits per heavy atom. The molecule has 2 N–H and O–H groups in total. The molecule has 0 radical (unpaired) electrons. The minimum Gasteiger partial charge on any atom is -0.444 e. The molecule has 1 aromatic heterocycles. The van der Waals surface area contributed by atoms with Crippen molar-refractivity contribution in [1.82, 2.24) is 10.6 Å². The van der Waals surface area contributed by atoms with Crippen LogP contribution in [-0.2, 0) is 0 Å². The van der Waals surface area contributed by atoms with Crippen molar-refractivity contribution in [3.63, 3.8) is 0 Å². The third-order valence-electron chi connectivity index (χ3n) is 2.76. The summed E-state index contributed by atoms with van der Waals surface area (Å²) >= 11 is 3.13. The van der Waals surface area contributed by atoms with Crippen molar-refractivity contribution in [3.05, 3.63) is 58.0 Å². The van der Waals surface area contributed by atoms with Gasteiger partial charge in [0.05, 0.1) is 12.1 Å². The van der Waals surface area contributed by atoms with Crippen LogP contribution in [0.1, 0.15) is 26.5 Å². The summed E-state index contributed by atoms with van der Waals surface area (Å²) in [6.07, 6.45) is 0. The van der Waals surface area contributed by atoms with E-state index in [4.69, 9.17) is 4.42 Å². The first-order valence-corrected chi connectivity index (χ1v) is 7.24. The van der Waals surface area contributed by atoms with E-state index in [2.05, 4.69) is 38.4 Å². The standard InChI is InChI=1S/C16H13BrN2O3/c1-18-15(20)12-7-3-2-5-11(12)6-4-10-19-16(21)13-8-9-14(17)22-13/h2-3,5,7-9H,10H2,1H3,(H,18,20)(H,19,21). The van der Waals surface area contributed by atoms with Gasteiger partial charge in [-0.1, -0.05) is 24.0 Å². The van der Waals surface area contributed by atoms with Crippen molar-refractivity contribution in [2.24, 2.45) is 0 Å². The summed E-state index contributed by atoms with van der Waals surface area (Å²) in [5.74, 6) is 5.35. The van der Waals surface area contributed by atoms with Crippen molar-refractivity contribution in [2.45, 2.75) is 0 Å². The van der Waals surface area contributed by atoms with E-state index in [1.165, 1.54) is 0 Å². The highest BCUT2D eigenvalue weighted by atomic mass is 79.9. The van der Waals surface area contributed by atoms with E-state index < -0.39 is 0 Å². The van der Waals surface area contributed by atoms with Gasteiger partial charge >= 0.3 is 0 Å².